The summed E-state index contributed by atoms with van der Waals surface area (Å²) in [6, 6.07) is 3.24. The molecule has 0 bridgehead atoms. The van der Waals surface area contributed by atoms with Gasteiger partial charge in [0.25, 0.3) is 5.91 Å². The van der Waals surface area contributed by atoms with Crippen LogP contribution in [0.3, 0.4) is 0 Å². The summed E-state index contributed by atoms with van der Waals surface area (Å²) < 4.78 is 32.9. The maximum absolute atomic E-state index is 14.0. The van der Waals surface area contributed by atoms with E-state index in [0.717, 1.165) is 23.0 Å². The average Bonchev–Trinajstić information content (AvgIpc) is 2.88. The van der Waals surface area contributed by atoms with Crippen LogP contribution in [0, 0.1) is 25.5 Å². The normalized spacial score (nSPS) is 18.3. The van der Waals surface area contributed by atoms with Crippen molar-refractivity contribution in [1.29, 1.82) is 0 Å². The third kappa shape index (κ3) is 2.72. The van der Waals surface area contributed by atoms with Crippen LogP contribution >= 0.6 is 0 Å². The summed E-state index contributed by atoms with van der Waals surface area (Å²) in [6.07, 6.45) is 0. The second-order valence-corrected chi connectivity index (χ2v) is 5.54. The van der Waals surface area contributed by atoms with Gasteiger partial charge in [0.1, 0.15) is 0 Å². The van der Waals surface area contributed by atoms with Crippen LogP contribution in [0.4, 0.5) is 8.78 Å². The lowest BCUT2D eigenvalue weighted by Crippen LogP contribution is -2.44. The fraction of sp³-hybridized carbons (Fsp3) is 0.375. The summed E-state index contributed by atoms with van der Waals surface area (Å²) in [5.41, 5.74) is 2.18. The van der Waals surface area contributed by atoms with Crippen molar-refractivity contribution in [2.24, 2.45) is 0 Å². The summed E-state index contributed by atoms with van der Waals surface area (Å²) in [6.45, 7) is 4.65. The summed E-state index contributed by atoms with van der Waals surface area (Å²) in [5.74, 6) is -2.70. The molecule has 1 saturated heterocycles. The Morgan fingerprint density at radius 1 is 1.39 bits per heavy atom. The minimum absolute atomic E-state index is 0.268. The average molecular weight is 321 g/mol. The Hall–Kier alpha value is -2.28. The number of hydrogen-bond donors (Lipinski definition) is 1. The van der Waals surface area contributed by atoms with Gasteiger partial charge in [-0.05, 0) is 26.0 Å². The zero-order chi connectivity index (χ0) is 16.6. The molecule has 5 nitrogen and oxygen atoms in total. The molecule has 7 heteroatoms. The minimum Gasteiger partial charge on any atom is -0.377 e. The van der Waals surface area contributed by atoms with Gasteiger partial charge in [0.15, 0.2) is 11.6 Å². The first kappa shape index (κ1) is 15.6. The Kier molecular flexibility index (Phi) is 4.12. The second kappa shape index (κ2) is 6.08. The molecule has 23 heavy (non-hydrogen) atoms. The Morgan fingerprint density at radius 3 is 2.87 bits per heavy atom. The van der Waals surface area contributed by atoms with E-state index in [2.05, 4.69) is 10.2 Å². The molecule has 122 valence electrons. The molecule has 1 aromatic carbocycles. The highest BCUT2D eigenvalue weighted by atomic mass is 19.2. The Morgan fingerprint density at radius 2 is 2.17 bits per heavy atom. The molecule has 1 N–H and O–H groups in total. The number of benzene rings is 1. The van der Waals surface area contributed by atoms with E-state index in [9.17, 15) is 13.6 Å². The number of hydrogen-bond acceptors (Lipinski definition) is 3. The van der Waals surface area contributed by atoms with Crippen molar-refractivity contribution in [2.45, 2.75) is 19.9 Å². The first-order valence-corrected chi connectivity index (χ1v) is 7.35. The van der Waals surface area contributed by atoms with Gasteiger partial charge in [-0.3, -0.25) is 9.89 Å². The van der Waals surface area contributed by atoms with Crippen molar-refractivity contribution >= 4 is 5.91 Å². The number of aromatic nitrogens is 2. The van der Waals surface area contributed by atoms with E-state index in [0.29, 0.717) is 19.8 Å². The molecule has 1 atom stereocenters. The summed E-state index contributed by atoms with van der Waals surface area (Å²) in [4.78, 5) is 14.3. The van der Waals surface area contributed by atoms with E-state index in [1.54, 1.807) is 0 Å². The number of nitrogens with one attached hydrogen (secondary N) is 1. The van der Waals surface area contributed by atoms with Crippen LogP contribution in [0.1, 0.15) is 33.4 Å². The van der Waals surface area contributed by atoms with Gasteiger partial charge in [0.2, 0.25) is 0 Å². The number of rotatable bonds is 2. The predicted molar refractivity (Wildman–Crippen MR) is 79.0 cm³/mol. The van der Waals surface area contributed by atoms with Gasteiger partial charge in [-0.2, -0.15) is 5.10 Å². The van der Waals surface area contributed by atoms with Crippen LogP contribution < -0.4 is 0 Å². The van der Waals surface area contributed by atoms with Crippen molar-refractivity contribution in [3.05, 3.63) is 52.3 Å². The van der Waals surface area contributed by atoms with Crippen LogP contribution in [-0.2, 0) is 4.74 Å². The number of carbonyl (C=O) groups excluding carboxylic acids is 1. The predicted octanol–water partition coefficient (Wildman–Crippen LogP) is 2.52. The molecule has 1 aliphatic rings. The Bertz CT molecular complexity index is 725. The summed E-state index contributed by atoms with van der Waals surface area (Å²) >= 11 is 0. The highest BCUT2D eigenvalue weighted by Gasteiger charge is 2.33. The van der Waals surface area contributed by atoms with E-state index in [1.807, 2.05) is 13.8 Å². The zero-order valence-electron chi connectivity index (χ0n) is 12.9. The number of aromatic amines is 1. The van der Waals surface area contributed by atoms with Crippen molar-refractivity contribution in [3.63, 3.8) is 0 Å². The lowest BCUT2D eigenvalue weighted by molar-refractivity contribution is -0.00329. The largest absolute Gasteiger partial charge is 0.377 e. The molecule has 1 fully saturated rings. The molecule has 1 amide bonds. The molecule has 2 aromatic rings. The number of nitrogens with zero attached hydrogens (tertiary/aromatic N) is 2. The standard InChI is InChI=1S/C16H17F2N3O2/c1-9-14(10(2)20-19-9)13-8-23-7-6-21(13)16(22)11-4-3-5-12(17)15(11)18/h3-5,13H,6-8H2,1-2H3,(H,19,20). The quantitative estimate of drug-likeness (QED) is 0.925. The molecule has 0 saturated carbocycles. The number of H-pyrrole nitrogens is 1. The molecular weight excluding hydrogens is 304 g/mol. The zero-order valence-corrected chi connectivity index (χ0v) is 12.9. The number of halogens is 2. The molecule has 1 unspecified atom stereocenters. The molecule has 0 radical (unpaired) electrons. The van der Waals surface area contributed by atoms with Crippen molar-refractivity contribution in [3.8, 4) is 0 Å². The van der Waals surface area contributed by atoms with Crippen LogP contribution in [0.5, 0.6) is 0 Å². The molecule has 1 aliphatic heterocycles. The van der Waals surface area contributed by atoms with Gasteiger partial charge in [-0.1, -0.05) is 6.07 Å². The van der Waals surface area contributed by atoms with E-state index in [1.165, 1.54) is 17.0 Å². The van der Waals surface area contributed by atoms with E-state index < -0.39 is 17.5 Å². The van der Waals surface area contributed by atoms with E-state index in [4.69, 9.17) is 4.74 Å². The van der Waals surface area contributed by atoms with Gasteiger partial charge in [0, 0.05) is 17.8 Å². The highest BCUT2D eigenvalue weighted by Crippen LogP contribution is 2.30. The molecule has 1 aromatic heterocycles. The SMILES string of the molecule is Cc1n[nH]c(C)c1C1COCCN1C(=O)c1cccc(F)c1F. The van der Waals surface area contributed by atoms with Crippen LogP contribution in [-0.4, -0.2) is 40.8 Å². The number of ether oxygens (including phenoxy) is 1. The maximum Gasteiger partial charge on any atom is 0.257 e. The Labute approximate surface area is 132 Å². The molecular formula is C16H17F2N3O2. The van der Waals surface area contributed by atoms with E-state index in [-0.39, 0.29) is 11.6 Å². The number of carbonyl (C=O) groups is 1. The van der Waals surface area contributed by atoms with Gasteiger partial charge in [0.05, 0.1) is 30.5 Å². The molecule has 0 aliphatic carbocycles. The van der Waals surface area contributed by atoms with Crippen LogP contribution in [0.15, 0.2) is 18.2 Å². The first-order valence-electron chi connectivity index (χ1n) is 7.35. The topological polar surface area (TPSA) is 58.2 Å². The molecule has 3 rings (SSSR count). The van der Waals surface area contributed by atoms with Crippen LogP contribution in [0.25, 0.3) is 0 Å². The summed E-state index contributed by atoms with van der Waals surface area (Å²) in [7, 11) is 0. The van der Waals surface area contributed by atoms with Gasteiger partial charge in [-0.25, -0.2) is 8.78 Å². The fourth-order valence-electron chi connectivity index (χ4n) is 2.96. The van der Waals surface area contributed by atoms with Crippen molar-refractivity contribution < 1.29 is 18.3 Å². The molecule has 0 spiro atoms. The fourth-order valence-corrected chi connectivity index (χ4v) is 2.96. The lowest BCUT2D eigenvalue weighted by Gasteiger charge is -2.36. The van der Waals surface area contributed by atoms with E-state index >= 15 is 0 Å². The number of morpholine rings is 1. The maximum atomic E-state index is 14.0. The van der Waals surface area contributed by atoms with Gasteiger partial charge >= 0.3 is 0 Å². The monoisotopic (exact) mass is 321 g/mol. The van der Waals surface area contributed by atoms with Crippen molar-refractivity contribution in [1.82, 2.24) is 15.1 Å². The van der Waals surface area contributed by atoms with Gasteiger partial charge in [-0.15, -0.1) is 0 Å². The summed E-state index contributed by atoms with van der Waals surface area (Å²) in [5, 5.41) is 7.01. The van der Waals surface area contributed by atoms with Crippen molar-refractivity contribution in [2.75, 3.05) is 19.8 Å². The lowest BCUT2D eigenvalue weighted by atomic mass is 10.0. The second-order valence-electron chi connectivity index (χ2n) is 5.54. The van der Waals surface area contributed by atoms with Gasteiger partial charge < -0.3 is 9.64 Å². The smallest absolute Gasteiger partial charge is 0.257 e. The van der Waals surface area contributed by atoms with Crippen LogP contribution in [0.2, 0.25) is 0 Å². The Balaban J connectivity index is 1.99. The highest BCUT2D eigenvalue weighted by molar-refractivity contribution is 5.95. The third-order valence-electron chi connectivity index (χ3n) is 4.09. The number of aryl methyl sites for hydroxylation is 2. The number of amides is 1. The molecule has 2 heterocycles. The minimum atomic E-state index is -1.12. The third-order valence-corrected chi connectivity index (χ3v) is 4.09. The first-order chi connectivity index (χ1) is 11.0.